The van der Waals surface area contributed by atoms with E-state index >= 15 is 0 Å². The van der Waals surface area contributed by atoms with Gasteiger partial charge in [-0.2, -0.15) is 4.98 Å². The molecule has 2 aromatic heterocycles. The van der Waals surface area contributed by atoms with Crippen LogP contribution in [0.15, 0.2) is 53.2 Å². The second-order valence-electron chi connectivity index (χ2n) is 8.85. The van der Waals surface area contributed by atoms with Crippen LogP contribution in [-0.2, 0) is 6.42 Å². The van der Waals surface area contributed by atoms with Gasteiger partial charge in [-0.05, 0) is 68.4 Å². The molecule has 2 aromatic carbocycles. The van der Waals surface area contributed by atoms with Crippen molar-refractivity contribution < 1.29 is 18.1 Å². The lowest BCUT2D eigenvalue weighted by atomic mass is 9.81. The van der Waals surface area contributed by atoms with E-state index in [2.05, 4.69) is 20.4 Å². The molecule has 1 amide bonds. The Morgan fingerprint density at radius 3 is 2.46 bits per heavy atom. The summed E-state index contributed by atoms with van der Waals surface area (Å²) in [4.78, 5) is 22.4. The highest BCUT2D eigenvalue weighted by atomic mass is 32.1. The van der Waals surface area contributed by atoms with E-state index in [4.69, 9.17) is 4.52 Å². The number of aromatic nitrogens is 3. The van der Waals surface area contributed by atoms with Crippen LogP contribution in [0, 0.1) is 24.5 Å². The van der Waals surface area contributed by atoms with Gasteiger partial charge >= 0.3 is 0 Å². The molecular weight excluding hydrogens is 470 g/mol. The Hall–Kier alpha value is -3.46. The summed E-state index contributed by atoms with van der Waals surface area (Å²) in [5.41, 5.74) is 0.843. The van der Waals surface area contributed by atoms with Gasteiger partial charge < -0.3 is 9.84 Å². The maximum atomic E-state index is 13.8. The standard InChI is InChI=1S/C26H24F2N4O2S/c1-15-30-23(34-32-15)13-16-5-7-18(8-6-16)26-29-14-22(35-26)17-9-11-19(12-10-17)31-25(33)24-20(27)3-2-4-21(24)28/h2-4,9-12,14,16,18H,5-8,13H2,1H3,(H,31,33). The number of hydrogen-bond acceptors (Lipinski definition) is 6. The molecular formula is C26H24F2N4O2S. The third-order valence-electron chi connectivity index (χ3n) is 6.37. The van der Waals surface area contributed by atoms with Crippen LogP contribution in [0.5, 0.6) is 0 Å². The molecule has 1 aliphatic rings. The van der Waals surface area contributed by atoms with Crippen molar-refractivity contribution in [1.82, 2.24) is 15.1 Å². The maximum absolute atomic E-state index is 13.8. The van der Waals surface area contributed by atoms with Gasteiger partial charge in [-0.3, -0.25) is 4.79 Å². The Morgan fingerprint density at radius 2 is 1.80 bits per heavy atom. The van der Waals surface area contributed by atoms with Crippen molar-refractivity contribution in [2.24, 2.45) is 5.92 Å². The molecule has 0 saturated heterocycles. The number of nitrogens with zero attached hydrogens (tertiary/aromatic N) is 3. The van der Waals surface area contributed by atoms with Crippen LogP contribution in [0.4, 0.5) is 14.5 Å². The van der Waals surface area contributed by atoms with E-state index in [0.717, 1.165) is 65.6 Å². The monoisotopic (exact) mass is 494 g/mol. The van der Waals surface area contributed by atoms with Gasteiger partial charge in [0, 0.05) is 24.2 Å². The van der Waals surface area contributed by atoms with Crippen molar-refractivity contribution in [3.63, 3.8) is 0 Å². The number of carbonyl (C=O) groups is 1. The quantitative estimate of drug-likeness (QED) is 0.329. The molecule has 1 fully saturated rings. The molecule has 1 N–H and O–H groups in total. The molecule has 0 spiro atoms. The van der Waals surface area contributed by atoms with Crippen molar-refractivity contribution in [1.29, 1.82) is 0 Å². The Labute approximate surface area is 205 Å². The molecule has 9 heteroatoms. The van der Waals surface area contributed by atoms with Crippen molar-refractivity contribution in [3.05, 3.63) is 82.6 Å². The van der Waals surface area contributed by atoms with Crippen LogP contribution in [0.3, 0.4) is 0 Å². The summed E-state index contributed by atoms with van der Waals surface area (Å²) < 4.78 is 33.0. The highest BCUT2D eigenvalue weighted by Crippen LogP contribution is 2.40. The summed E-state index contributed by atoms with van der Waals surface area (Å²) in [6.45, 7) is 1.83. The minimum Gasteiger partial charge on any atom is -0.339 e. The molecule has 0 atom stereocenters. The Bertz CT molecular complexity index is 1310. The van der Waals surface area contributed by atoms with E-state index in [1.165, 1.54) is 6.07 Å². The first-order valence-electron chi connectivity index (χ1n) is 11.6. The second-order valence-corrected chi connectivity index (χ2v) is 9.91. The van der Waals surface area contributed by atoms with Gasteiger partial charge in [-0.1, -0.05) is 23.4 Å². The molecule has 0 unspecified atom stereocenters. The average molecular weight is 495 g/mol. The molecule has 1 aliphatic carbocycles. The molecule has 4 aromatic rings. The predicted molar refractivity (Wildman–Crippen MR) is 129 cm³/mol. The van der Waals surface area contributed by atoms with Crippen LogP contribution in [0.1, 0.15) is 58.7 Å². The summed E-state index contributed by atoms with van der Waals surface area (Å²) in [5.74, 6) is -0.197. The zero-order chi connectivity index (χ0) is 24.4. The molecule has 0 aliphatic heterocycles. The number of anilines is 1. The summed E-state index contributed by atoms with van der Waals surface area (Å²) >= 11 is 1.68. The summed E-state index contributed by atoms with van der Waals surface area (Å²) in [6.07, 6.45) is 7.11. The van der Waals surface area contributed by atoms with Gasteiger partial charge in [0.1, 0.15) is 17.2 Å². The van der Waals surface area contributed by atoms with Crippen molar-refractivity contribution in [3.8, 4) is 10.4 Å². The van der Waals surface area contributed by atoms with E-state index in [1.54, 1.807) is 23.5 Å². The second kappa shape index (κ2) is 10.0. The molecule has 2 heterocycles. The van der Waals surface area contributed by atoms with Crippen LogP contribution >= 0.6 is 11.3 Å². The van der Waals surface area contributed by atoms with Gasteiger partial charge in [-0.15, -0.1) is 11.3 Å². The number of hydrogen-bond donors (Lipinski definition) is 1. The van der Waals surface area contributed by atoms with E-state index in [-0.39, 0.29) is 0 Å². The molecule has 6 nitrogen and oxygen atoms in total. The number of thiazole rings is 1. The molecule has 5 rings (SSSR count). The van der Waals surface area contributed by atoms with Crippen LogP contribution in [0.2, 0.25) is 0 Å². The number of amides is 1. The van der Waals surface area contributed by atoms with Crippen LogP contribution in [0.25, 0.3) is 10.4 Å². The number of aryl methyl sites for hydroxylation is 1. The van der Waals surface area contributed by atoms with Gasteiger partial charge in [0.25, 0.3) is 5.91 Å². The first-order chi connectivity index (χ1) is 17.0. The third kappa shape index (κ3) is 5.30. The molecule has 35 heavy (non-hydrogen) atoms. The van der Waals surface area contributed by atoms with Gasteiger partial charge in [0.05, 0.1) is 9.88 Å². The van der Waals surface area contributed by atoms with Gasteiger partial charge in [-0.25, -0.2) is 13.8 Å². The SMILES string of the molecule is Cc1noc(CC2CCC(c3ncc(-c4ccc(NC(=O)c5c(F)cccc5F)cc4)s3)CC2)n1. The fourth-order valence-corrected chi connectivity index (χ4v) is 5.61. The van der Waals surface area contributed by atoms with Crippen molar-refractivity contribution in [2.75, 3.05) is 5.32 Å². The molecule has 1 saturated carbocycles. The average Bonchev–Trinajstić information content (AvgIpc) is 3.49. The van der Waals surface area contributed by atoms with Crippen molar-refractivity contribution >= 4 is 22.9 Å². The van der Waals surface area contributed by atoms with Crippen LogP contribution in [-0.4, -0.2) is 21.0 Å². The Kier molecular flexibility index (Phi) is 6.68. The number of benzene rings is 2. The number of nitrogens with one attached hydrogen (secondary N) is 1. The largest absolute Gasteiger partial charge is 0.339 e. The normalized spacial score (nSPS) is 17.9. The first kappa shape index (κ1) is 23.3. The minimum atomic E-state index is -0.893. The van der Waals surface area contributed by atoms with Crippen LogP contribution < -0.4 is 5.32 Å². The highest BCUT2D eigenvalue weighted by Gasteiger charge is 2.26. The topological polar surface area (TPSA) is 80.9 Å². The van der Waals surface area contributed by atoms with Gasteiger partial charge in [0.15, 0.2) is 5.82 Å². The molecule has 0 bridgehead atoms. The molecule has 180 valence electrons. The van der Waals surface area contributed by atoms with E-state index in [9.17, 15) is 13.6 Å². The lowest BCUT2D eigenvalue weighted by Crippen LogP contribution is -2.15. The number of halogens is 2. The Morgan fingerprint density at radius 1 is 1.09 bits per heavy atom. The smallest absolute Gasteiger partial charge is 0.261 e. The summed E-state index contributed by atoms with van der Waals surface area (Å²) in [7, 11) is 0. The van der Waals surface area contributed by atoms with Gasteiger partial charge in [0.2, 0.25) is 5.89 Å². The highest BCUT2D eigenvalue weighted by molar-refractivity contribution is 7.15. The summed E-state index contributed by atoms with van der Waals surface area (Å²) in [5, 5.41) is 7.56. The first-order valence-corrected chi connectivity index (χ1v) is 12.4. The zero-order valence-corrected chi connectivity index (χ0v) is 19.9. The minimum absolute atomic E-state index is 0.448. The number of carbonyl (C=O) groups excluding carboxylic acids is 1. The fourth-order valence-electron chi connectivity index (χ4n) is 4.52. The molecule has 0 radical (unpaired) electrons. The summed E-state index contributed by atoms with van der Waals surface area (Å²) in [6, 6.07) is 10.5. The maximum Gasteiger partial charge on any atom is 0.261 e. The van der Waals surface area contributed by atoms with E-state index in [0.29, 0.717) is 23.3 Å². The number of rotatable bonds is 6. The lowest BCUT2D eigenvalue weighted by Gasteiger charge is -2.26. The fraction of sp³-hybridized carbons (Fsp3) is 0.308. The zero-order valence-electron chi connectivity index (χ0n) is 19.1. The van der Waals surface area contributed by atoms with E-state index < -0.39 is 23.1 Å². The lowest BCUT2D eigenvalue weighted by molar-refractivity contribution is 0.101. The third-order valence-corrected chi connectivity index (χ3v) is 7.58. The Balaban J connectivity index is 1.19. The van der Waals surface area contributed by atoms with E-state index in [1.807, 2.05) is 25.3 Å². The van der Waals surface area contributed by atoms with Crippen molar-refractivity contribution in [2.45, 2.75) is 44.9 Å². The predicted octanol–water partition coefficient (Wildman–Crippen LogP) is 6.55.